The van der Waals surface area contributed by atoms with E-state index in [0.717, 1.165) is 53.5 Å². The van der Waals surface area contributed by atoms with E-state index >= 15 is 0 Å². The average Bonchev–Trinajstić information content (AvgIpc) is 3.23. The van der Waals surface area contributed by atoms with Crippen molar-refractivity contribution >= 4 is 5.78 Å². The molecule has 0 saturated heterocycles. The normalized spacial score (nSPS) is 17.4. The van der Waals surface area contributed by atoms with E-state index in [9.17, 15) is 13.6 Å². The summed E-state index contributed by atoms with van der Waals surface area (Å²) in [6.07, 6.45) is 4.90. The summed E-state index contributed by atoms with van der Waals surface area (Å²) in [4.78, 5) is 13.4. The first-order valence-electron chi connectivity index (χ1n) is 11.8. The third-order valence-corrected chi connectivity index (χ3v) is 7.14. The summed E-state index contributed by atoms with van der Waals surface area (Å²) in [5.41, 5.74) is 7.96. The van der Waals surface area contributed by atoms with Crippen molar-refractivity contribution in [3.8, 4) is 22.3 Å². The molecule has 4 rings (SSSR count). The Hall–Kier alpha value is -2.27. The van der Waals surface area contributed by atoms with Crippen LogP contribution in [0.1, 0.15) is 51.5 Å². The average molecular weight is 519 g/mol. The molecule has 0 heterocycles. The van der Waals surface area contributed by atoms with E-state index in [0.29, 0.717) is 18.4 Å². The van der Waals surface area contributed by atoms with Crippen molar-refractivity contribution in [1.82, 2.24) is 0 Å². The number of hydrogen-bond acceptors (Lipinski definition) is 1. The lowest BCUT2D eigenvalue weighted by molar-refractivity contribution is -0.417. The predicted molar refractivity (Wildman–Crippen MR) is 129 cm³/mol. The molecule has 0 amide bonds. The van der Waals surface area contributed by atoms with Crippen LogP contribution in [0.15, 0.2) is 66.7 Å². The Bertz CT molecular complexity index is 1070. The first-order valence-corrected chi connectivity index (χ1v) is 11.8. The molecule has 1 aliphatic rings. The lowest BCUT2D eigenvalue weighted by Gasteiger charge is -2.26. The molecule has 3 aromatic carbocycles. The van der Waals surface area contributed by atoms with Gasteiger partial charge in [0.1, 0.15) is 17.4 Å². The summed E-state index contributed by atoms with van der Waals surface area (Å²) >= 11 is 0. The number of benzene rings is 3. The highest BCUT2D eigenvalue weighted by atomic mass is 35.5. The Balaban J connectivity index is 0.00000216. The maximum atomic E-state index is 13.5. The summed E-state index contributed by atoms with van der Waals surface area (Å²) in [6.45, 7) is 3.96. The quantitative estimate of drug-likeness (QED) is 0.481. The Kier molecular flexibility index (Phi) is 10.0. The number of Topliss-reactive ketones (excluding diaryl/α,β-unsaturated/α-hetero) is 1. The minimum Gasteiger partial charge on any atom is -1.00 e. The molecule has 0 aromatic heterocycles. The Morgan fingerprint density at radius 2 is 1.31 bits per heavy atom. The van der Waals surface area contributed by atoms with E-state index < -0.39 is 5.41 Å². The van der Waals surface area contributed by atoms with Gasteiger partial charge in [0, 0.05) is 18.3 Å². The van der Waals surface area contributed by atoms with Crippen LogP contribution in [0.5, 0.6) is 0 Å². The smallest absolute Gasteiger partial charge is 0.142 e. The van der Waals surface area contributed by atoms with Crippen molar-refractivity contribution in [1.29, 1.82) is 0 Å². The molecule has 0 aliphatic heterocycles. The number of rotatable bonds is 7. The summed E-state index contributed by atoms with van der Waals surface area (Å²) in [6, 6.07) is 19.3. The largest absolute Gasteiger partial charge is 1.00 e. The van der Waals surface area contributed by atoms with Gasteiger partial charge in [0.05, 0.1) is 6.04 Å². The van der Waals surface area contributed by atoms with Crippen LogP contribution in [0.2, 0.25) is 0 Å². The van der Waals surface area contributed by atoms with Gasteiger partial charge in [-0.3, -0.25) is 4.79 Å². The summed E-state index contributed by atoms with van der Waals surface area (Å²) in [7, 11) is 0. The van der Waals surface area contributed by atoms with Gasteiger partial charge in [-0.2, -0.15) is 0 Å². The molecule has 1 aliphatic carbocycles. The molecule has 3 aromatic rings. The number of ketones is 1. The SMILES string of the molecule is CC(C)(C(=O)CC[C@H]1CC[C@@H]([NH3+])C1)c1cc(-c2ccc(F)cc2)cc(-c2ccc(F)cc2)c1.[Cl-].[Cl-]. The zero-order chi connectivity index (χ0) is 23.6. The van der Waals surface area contributed by atoms with E-state index in [1.165, 1.54) is 24.3 Å². The third-order valence-electron chi connectivity index (χ3n) is 7.14. The van der Waals surface area contributed by atoms with E-state index in [1.54, 1.807) is 24.3 Å². The molecule has 2 atom stereocenters. The minimum atomic E-state index is -0.673. The molecule has 1 fully saturated rings. The van der Waals surface area contributed by atoms with Crippen LogP contribution < -0.4 is 30.5 Å². The summed E-state index contributed by atoms with van der Waals surface area (Å²) < 4.78 is 27.0. The lowest BCUT2D eigenvalue weighted by Crippen LogP contribution is -3.00. The first-order chi connectivity index (χ1) is 15.7. The van der Waals surface area contributed by atoms with E-state index in [2.05, 4.69) is 5.73 Å². The fourth-order valence-corrected chi connectivity index (χ4v) is 4.86. The van der Waals surface area contributed by atoms with Crippen LogP contribution in [0.4, 0.5) is 8.78 Å². The van der Waals surface area contributed by atoms with Crippen LogP contribution in [0.3, 0.4) is 0 Å². The van der Waals surface area contributed by atoms with E-state index in [4.69, 9.17) is 0 Å². The van der Waals surface area contributed by atoms with Crippen LogP contribution >= 0.6 is 0 Å². The number of carbonyl (C=O) groups is 1. The molecule has 35 heavy (non-hydrogen) atoms. The van der Waals surface area contributed by atoms with Crippen molar-refractivity contribution in [2.24, 2.45) is 5.92 Å². The topological polar surface area (TPSA) is 44.7 Å². The Labute approximate surface area is 219 Å². The number of quaternary nitrogens is 1. The maximum absolute atomic E-state index is 13.5. The van der Waals surface area contributed by atoms with Gasteiger partial charge < -0.3 is 30.5 Å². The van der Waals surface area contributed by atoms with Crippen LogP contribution in [-0.4, -0.2) is 11.8 Å². The van der Waals surface area contributed by atoms with Crippen LogP contribution in [0, 0.1) is 17.6 Å². The van der Waals surface area contributed by atoms with Crippen molar-refractivity contribution in [2.75, 3.05) is 0 Å². The highest BCUT2D eigenvalue weighted by molar-refractivity contribution is 5.90. The fourth-order valence-electron chi connectivity index (χ4n) is 4.86. The molecule has 0 spiro atoms. The molecule has 0 unspecified atom stereocenters. The molecule has 2 nitrogen and oxygen atoms in total. The van der Waals surface area contributed by atoms with Gasteiger partial charge in [-0.1, -0.05) is 36.4 Å². The van der Waals surface area contributed by atoms with Crippen molar-refractivity contribution in [3.63, 3.8) is 0 Å². The minimum absolute atomic E-state index is 0. The zero-order valence-electron chi connectivity index (χ0n) is 20.2. The van der Waals surface area contributed by atoms with Gasteiger partial charge in [0.15, 0.2) is 0 Å². The second-order valence-electron chi connectivity index (χ2n) is 9.94. The lowest BCUT2D eigenvalue weighted by atomic mass is 9.76. The second-order valence-corrected chi connectivity index (χ2v) is 9.94. The predicted octanol–water partition coefficient (Wildman–Crippen LogP) is 0.344. The molecule has 3 N–H and O–H groups in total. The Morgan fingerprint density at radius 1 is 0.829 bits per heavy atom. The molecule has 0 radical (unpaired) electrons. The van der Waals surface area contributed by atoms with E-state index in [-0.39, 0.29) is 42.2 Å². The van der Waals surface area contributed by atoms with Crippen molar-refractivity contribution in [3.05, 3.63) is 83.9 Å². The zero-order valence-corrected chi connectivity index (χ0v) is 21.7. The maximum Gasteiger partial charge on any atom is 0.142 e. The highest BCUT2D eigenvalue weighted by Crippen LogP contribution is 2.36. The standard InChI is InChI=1S/C29H31F2NO.2ClH/c1-29(2,28(33)14-4-19-3-13-27(32)15-19)24-17-22(20-5-9-25(30)10-6-20)16-23(18-24)21-7-11-26(31)12-8-21;;/h5-12,16-19,27H,3-4,13-15,32H2,1-2H3;2*1H/p-1/t19-,27-;;/m1../s1. The molecule has 188 valence electrons. The van der Waals surface area contributed by atoms with Crippen LogP contribution in [-0.2, 0) is 10.2 Å². The fraction of sp³-hybridized carbons (Fsp3) is 0.345. The van der Waals surface area contributed by atoms with Crippen LogP contribution in [0.25, 0.3) is 22.3 Å². The number of carbonyl (C=O) groups excluding carboxylic acids is 1. The van der Waals surface area contributed by atoms with Gasteiger partial charge in [-0.25, -0.2) is 8.78 Å². The third kappa shape index (κ3) is 6.91. The summed E-state index contributed by atoms with van der Waals surface area (Å²) in [5, 5.41) is 0. The highest BCUT2D eigenvalue weighted by Gasteiger charge is 2.32. The number of hydrogen-bond donors (Lipinski definition) is 1. The molecule has 1 saturated carbocycles. The summed E-state index contributed by atoms with van der Waals surface area (Å²) in [5.74, 6) is 0.227. The van der Waals surface area contributed by atoms with Gasteiger partial charge in [-0.05, 0) is 97.2 Å². The first kappa shape index (κ1) is 29.0. The molecule has 6 heteroatoms. The van der Waals surface area contributed by atoms with Gasteiger partial charge >= 0.3 is 0 Å². The molecule has 0 bridgehead atoms. The molecular formula is C29H32Cl2F2NO-. The van der Waals surface area contributed by atoms with E-state index in [1.807, 2.05) is 32.0 Å². The molecular weight excluding hydrogens is 487 g/mol. The number of halogens is 4. The van der Waals surface area contributed by atoms with Gasteiger partial charge in [0.2, 0.25) is 0 Å². The van der Waals surface area contributed by atoms with Crippen molar-refractivity contribution < 1.29 is 44.1 Å². The van der Waals surface area contributed by atoms with Gasteiger partial charge in [-0.15, -0.1) is 0 Å². The van der Waals surface area contributed by atoms with Crippen molar-refractivity contribution in [2.45, 2.75) is 57.4 Å². The van der Waals surface area contributed by atoms with Gasteiger partial charge in [0.25, 0.3) is 0 Å². The second kappa shape index (κ2) is 12.1. The monoisotopic (exact) mass is 518 g/mol. The Morgan fingerprint density at radius 3 is 1.74 bits per heavy atom.